The van der Waals surface area contributed by atoms with Gasteiger partial charge in [-0.25, -0.2) is 0 Å². The van der Waals surface area contributed by atoms with Gasteiger partial charge in [-0.15, -0.1) is 0 Å². The van der Waals surface area contributed by atoms with Gasteiger partial charge in [-0.05, 0) is 75.3 Å². The largest absolute Gasteiger partial charge is 0.344 e. The van der Waals surface area contributed by atoms with Crippen LogP contribution in [0.5, 0.6) is 0 Å². The average molecular weight is 589 g/mol. The summed E-state index contributed by atoms with van der Waals surface area (Å²) in [5.74, 6) is 0. The summed E-state index contributed by atoms with van der Waals surface area (Å²) in [5.41, 5.74) is 14.8. The summed E-state index contributed by atoms with van der Waals surface area (Å²) in [6, 6.07) is 57.7. The summed E-state index contributed by atoms with van der Waals surface area (Å²) in [7, 11) is 4.36. The predicted octanol–water partition coefficient (Wildman–Crippen LogP) is 11.6. The maximum Gasteiger partial charge on any atom is 0.0568 e. The van der Waals surface area contributed by atoms with Crippen molar-refractivity contribution in [2.45, 2.75) is 0 Å². The molecule has 2 heteroatoms. The molecule has 0 aliphatic carbocycles. The molecule has 0 amide bonds. The number of aromatic nitrogens is 2. The first-order valence-corrected chi connectivity index (χ1v) is 15.9. The lowest BCUT2D eigenvalue weighted by Gasteiger charge is -2.12. The number of aryl methyl sites for hydroxylation is 2. The molecule has 0 aliphatic rings. The molecule has 9 aromatic rings. The highest BCUT2D eigenvalue weighted by atomic mass is 14.9. The van der Waals surface area contributed by atoms with Crippen LogP contribution in [-0.2, 0) is 14.1 Å². The minimum absolute atomic E-state index is 1.21. The number of hydrogen-bond acceptors (Lipinski definition) is 0. The Labute approximate surface area is 268 Å². The standard InChI is InChI=1S/C44H32N2/c1-45-41-16-10-9-15-36(41)39-25-33(22-24-42(39)45)31-17-19-32(20-18-31)38-26-35(30-13-7-4-8-14-30)27-40-37-23-21-34(29-11-5-3-6-12-29)28-43(37)46(2)44(38)40/h3-28H,1-2H3. The Morgan fingerprint density at radius 2 is 0.826 bits per heavy atom. The van der Waals surface area contributed by atoms with Gasteiger partial charge in [0.25, 0.3) is 0 Å². The van der Waals surface area contributed by atoms with Gasteiger partial charge in [0.05, 0.1) is 5.52 Å². The van der Waals surface area contributed by atoms with Crippen LogP contribution in [0.1, 0.15) is 0 Å². The number of benzene rings is 7. The summed E-state index contributed by atoms with van der Waals surface area (Å²) >= 11 is 0. The number of hydrogen-bond donors (Lipinski definition) is 0. The number of rotatable bonds is 4. The molecule has 0 saturated heterocycles. The fourth-order valence-corrected chi connectivity index (χ4v) is 7.38. The highest BCUT2D eigenvalue weighted by molar-refractivity contribution is 6.15. The molecule has 0 saturated carbocycles. The summed E-state index contributed by atoms with van der Waals surface area (Å²) in [6.07, 6.45) is 0. The molecule has 0 N–H and O–H groups in total. The van der Waals surface area contributed by atoms with Crippen LogP contribution in [-0.4, -0.2) is 9.13 Å². The van der Waals surface area contributed by atoms with Gasteiger partial charge < -0.3 is 9.13 Å². The van der Waals surface area contributed by atoms with Crippen molar-refractivity contribution in [1.29, 1.82) is 0 Å². The van der Waals surface area contributed by atoms with Crippen LogP contribution < -0.4 is 0 Å². The molecule has 0 atom stereocenters. The van der Waals surface area contributed by atoms with E-state index in [4.69, 9.17) is 0 Å². The first-order valence-electron chi connectivity index (χ1n) is 15.9. The Balaban J connectivity index is 1.21. The van der Waals surface area contributed by atoms with E-state index in [-0.39, 0.29) is 0 Å². The molecular weight excluding hydrogens is 556 g/mol. The summed E-state index contributed by atoms with van der Waals surface area (Å²) in [6.45, 7) is 0. The van der Waals surface area contributed by atoms with Crippen LogP contribution in [0, 0.1) is 0 Å². The molecule has 2 nitrogen and oxygen atoms in total. The monoisotopic (exact) mass is 588 g/mol. The Bertz CT molecular complexity index is 2570. The van der Waals surface area contributed by atoms with Crippen molar-refractivity contribution < 1.29 is 0 Å². The van der Waals surface area contributed by atoms with E-state index in [0.717, 1.165) is 0 Å². The summed E-state index contributed by atoms with van der Waals surface area (Å²) in [5, 5.41) is 5.14. The SMILES string of the molecule is Cn1c2ccccc2c2cc(-c3ccc(-c4cc(-c5ccccc5)cc5c6ccc(-c7ccccc7)cc6n(C)c45)cc3)ccc21. The van der Waals surface area contributed by atoms with Crippen molar-refractivity contribution in [3.05, 3.63) is 158 Å². The highest BCUT2D eigenvalue weighted by Crippen LogP contribution is 2.41. The molecule has 0 fully saturated rings. The number of para-hydroxylation sites is 1. The second-order valence-corrected chi connectivity index (χ2v) is 12.3. The van der Waals surface area contributed by atoms with E-state index in [1.807, 2.05) is 0 Å². The van der Waals surface area contributed by atoms with E-state index in [9.17, 15) is 0 Å². The fourth-order valence-electron chi connectivity index (χ4n) is 7.38. The number of nitrogens with zero attached hydrogens (tertiary/aromatic N) is 2. The molecule has 0 aliphatic heterocycles. The predicted molar refractivity (Wildman–Crippen MR) is 196 cm³/mol. The van der Waals surface area contributed by atoms with Crippen LogP contribution >= 0.6 is 0 Å². The highest BCUT2D eigenvalue weighted by Gasteiger charge is 2.17. The number of fused-ring (bicyclic) bond motifs is 6. The lowest BCUT2D eigenvalue weighted by Crippen LogP contribution is -1.92. The summed E-state index contributed by atoms with van der Waals surface area (Å²) < 4.78 is 4.67. The van der Waals surface area contributed by atoms with E-state index < -0.39 is 0 Å². The van der Waals surface area contributed by atoms with E-state index in [1.165, 1.54) is 88.1 Å². The first-order chi connectivity index (χ1) is 22.6. The van der Waals surface area contributed by atoms with Crippen LogP contribution in [0.2, 0.25) is 0 Å². The first kappa shape index (κ1) is 26.5. The van der Waals surface area contributed by atoms with Crippen molar-refractivity contribution in [1.82, 2.24) is 9.13 Å². The van der Waals surface area contributed by atoms with Crippen LogP contribution in [0.4, 0.5) is 0 Å². The minimum Gasteiger partial charge on any atom is -0.344 e. The smallest absolute Gasteiger partial charge is 0.0568 e. The molecule has 2 heterocycles. The van der Waals surface area contributed by atoms with Gasteiger partial charge in [0.2, 0.25) is 0 Å². The fraction of sp³-hybridized carbons (Fsp3) is 0.0455. The lowest BCUT2D eigenvalue weighted by atomic mass is 9.94. The Kier molecular flexibility index (Phi) is 5.97. The van der Waals surface area contributed by atoms with Crippen molar-refractivity contribution in [2.24, 2.45) is 14.1 Å². The van der Waals surface area contributed by atoms with E-state index in [2.05, 4.69) is 181 Å². The van der Waals surface area contributed by atoms with Crippen molar-refractivity contribution >= 4 is 43.6 Å². The topological polar surface area (TPSA) is 9.86 Å². The lowest BCUT2D eigenvalue weighted by molar-refractivity contribution is 1.01. The van der Waals surface area contributed by atoms with Crippen molar-refractivity contribution in [2.75, 3.05) is 0 Å². The van der Waals surface area contributed by atoms with Crippen LogP contribution in [0.25, 0.3) is 88.1 Å². The van der Waals surface area contributed by atoms with Gasteiger partial charge in [0.15, 0.2) is 0 Å². The van der Waals surface area contributed by atoms with Gasteiger partial charge in [-0.3, -0.25) is 0 Å². The molecule has 0 bridgehead atoms. The van der Waals surface area contributed by atoms with Gasteiger partial charge in [0, 0.05) is 57.8 Å². The third-order valence-corrected chi connectivity index (χ3v) is 9.75. The maximum absolute atomic E-state index is 2.38. The Morgan fingerprint density at radius 1 is 0.304 bits per heavy atom. The molecule has 218 valence electrons. The van der Waals surface area contributed by atoms with Crippen LogP contribution in [0.15, 0.2) is 158 Å². The normalized spacial score (nSPS) is 11.7. The molecule has 0 spiro atoms. The second kappa shape index (κ2) is 10.4. The Morgan fingerprint density at radius 3 is 1.59 bits per heavy atom. The van der Waals surface area contributed by atoms with Crippen molar-refractivity contribution in [3.8, 4) is 44.5 Å². The Hall–Kier alpha value is -5.86. The van der Waals surface area contributed by atoms with Gasteiger partial charge in [0.1, 0.15) is 0 Å². The van der Waals surface area contributed by atoms with E-state index >= 15 is 0 Å². The molecule has 2 aromatic heterocycles. The zero-order valence-electron chi connectivity index (χ0n) is 25.9. The molecule has 0 unspecified atom stereocenters. The van der Waals surface area contributed by atoms with E-state index in [0.29, 0.717) is 0 Å². The van der Waals surface area contributed by atoms with Gasteiger partial charge in [-0.2, -0.15) is 0 Å². The molecule has 7 aromatic carbocycles. The van der Waals surface area contributed by atoms with Gasteiger partial charge in [-0.1, -0.05) is 121 Å². The summed E-state index contributed by atoms with van der Waals surface area (Å²) in [4.78, 5) is 0. The third kappa shape index (κ3) is 4.11. The third-order valence-electron chi connectivity index (χ3n) is 9.75. The quantitative estimate of drug-likeness (QED) is 0.194. The minimum atomic E-state index is 1.21. The molecule has 9 rings (SSSR count). The van der Waals surface area contributed by atoms with E-state index in [1.54, 1.807) is 0 Å². The molecule has 46 heavy (non-hydrogen) atoms. The maximum atomic E-state index is 2.38. The average Bonchev–Trinajstić information content (AvgIpc) is 3.58. The second-order valence-electron chi connectivity index (χ2n) is 12.3. The zero-order valence-corrected chi connectivity index (χ0v) is 25.9. The van der Waals surface area contributed by atoms with Gasteiger partial charge >= 0.3 is 0 Å². The molecular formula is C44H32N2. The molecule has 0 radical (unpaired) electrons. The van der Waals surface area contributed by atoms with Crippen molar-refractivity contribution in [3.63, 3.8) is 0 Å². The van der Waals surface area contributed by atoms with Crippen LogP contribution in [0.3, 0.4) is 0 Å². The zero-order chi connectivity index (χ0) is 30.8.